The summed E-state index contributed by atoms with van der Waals surface area (Å²) in [6, 6.07) is 5.09. The van der Waals surface area contributed by atoms with Crippen LogP contribution in [-0.4, -0.2) is 45.6 Å². The molecule has 1 atom stereocenters. The molecule has 18 heavy (non-hydrogen) atoms. The van der Waals surface area contributed by atoms with Crippen molar-refractivity contribution in [1.82, 2.24) is 15.5 Å². The first-order valence-corrected chi connectivity index (χ1v) is 5.42. The number of amides is 1. The van der Waals surface area contributed by atoms with Crippen LogP contribution in [0.15, 0.2) is 18.2 Å². The summed E-state index contributed by atoms with van der Waals surface area (Å²) in [7, 11) is 0. The third-order valence-corrected chi connectivity index (χ3v) is 2.51. The number of aromatic amines is 1. The van der Waals surface area contributed by atoms with Crippen LogP contribution < -0.4 is 11.1 Å². The van der Waals surface area contributed by atoms with Crippen molar-refractivity contribution >= 4 is 22.5 Å². The minimum absolute atomic E-state index is 0.0357. The molecule has 0 aliphatic heterocycles. The van der Waals surface area contributed by atoms with E-state index in [1.807, 2.05) is 0 Å². The van der Waals surface area contributed by atoms with Gasteiger partial charge in [0.15, 0.2) is 5.69 Å². The number of aliphatic hydroxyl groups is 2. The number of nitrogens with one attached hydrogen (secondary N) is 2. The van der Waals surface area contributed by atoms with Gasteiger partial charge in [0.1, 0.15) is 0 Å². The van der Waals surface area contributed by atoms with Gasteiger partial charge in [-0.25, -0.2) is 0 Å². The standard InChI is InChI=1S/C11H14N4O3/c12-6-1-2-9-8(3-6)10(15-14-9)11(18)13-4-7(17)5-16/h1-3,7,16-17H,4-5,12H2,(H,13,18)(H,14,15). The number of aliphatic hydroxyl groups excluding tert-OH is 2. The van der Waals surface area contributed by atoms with E-state index in [9.17, 15) is 4.79 Å². The maximum absolute atomic E-state index is 11.8. The number of benzene rings is 1. The molecule has 0 saturated carbocycles. The van der Waals surface area contributed by atoms with Gasteiger partial charge < -0.3 is 21.3 Å². The third kappa shape index (κ3) is 2.41. The molecule has 1 heterocycles. The highest BCUT2D eigenvalue weighted by Crippen LogP contribution is 2.18. The van der Waals surface area contributed by atoms with E-state index in [2.05, 4.69) is 15.5 Å². The average Bonchev–Trinajstić information content (AvgIpc) is 2.78. The van der Waals surface area contributed by atoms with Crippen molar-refractivity contribution in [2.45, 2.75) is 6.10 Å². The zero-order valence-electron chi connectivity index (χ0n) is 9.55. The molecule has 0 aliphatic rings. The Kier molecular flexibility index (Phi) is 3.45. The lowest BCUT2D eigenvalue weighted by Gasteiger charge is -2.07. The molecule has 1 amide bonds. The molecule has 6 N–H and O–H groups in total. The monoisotopic (exact) mass is 250 g/mol. The summed E-state index contributed by atoms with van der Waals surface area (Å²) in [5.41, 5.74) is 7.10. The van der Waals surface area contributed by atoms with Gasteiger partial charge in [0.05, 0.1) is 18.2 Å². The number of aromatic nitrogens is 2. The van der Waals surface area contributed by atoms with E-state index >= 15 is 0 Å². The predicted molar refractivity (Wildman–Crippen MR) is 65.9 cm³/mol. The average molecular weight is 250 g/mol. The Labute approximate surface area is 103 Å². The number of carbonyl (C=O) groups is 1. The normalized spacial score (nSPS) is 12.6. The number of nitrogens with two attached hydrogens (primary N) is 1. The highest BCUT2D eigenvalue weighted by Gasteiger charge is 2.15. The fourth-order valence-electron chi connectivity index (χ4n) is 1.56. The molecule has 1 aromatic heterocycles. The SMILES string of the molecule is Nc1ccc2[nH]nc(C(=O)NCC(O)CO)c2c1. The van der Waals surface area contributed by atoms with Crippen molar-refractivity contribution in [2.75, 3.05) is 18.9 Å². The van der Waals surface area contributed by atoms with Crippen LogP contribution in [0.1, 0.15) is 10.5 Å². The van der Waals surface area contributed by atoms with Crippen molar-refractivity contribution in [3.63, 3.8) is 0 Å². The molecule has 0 saturated heterocycles. The lowest BCUT2D eigenvalue weighted by atomic mass is 10.2. The van der Waals surface area contributed by atoms with Crippen LogP contribution in [0, 0.1) is 0 Å². The Morgan fingerprint density at radius 3 is 3.06 bits per heavy atom. The molecule has 0 fully saturated rings. The van der Waals surface area contributed by atoms with Crippen LogP contribution in [0.5, 0.6) is 0 Å². The van der Waals surface area contributed by atoms with Gasteiger partial charge in [0, 0.05) is 17.6 Å². The number of H-pyrrole nitrogens is 1. The summed E-state index contributed by atoms with van der Waals surface area (Å²) in [5.74, 6) is -0.431. The summed E-state index contributed by atoms with van der Waals surface area (Å²) in [6.07, 6.45) is -0.982. The first-order chi connectivity index (χ1) is 8.61. The van der Waals surface area contributed by atoms with Crippen molar-refractivity contribution in [2.24, 2.45) is 0 Å². The van der Waals surface area contributed by atoms with E-state index in [0.717, 1.165) is 0 Å². The second kappa shape index (κ2) is 5.03. The van der Waals surface area contributed by atoms with Crippen LogP contribution in [0.3, 0.4) is 0 Å². The zero-order chi connectivity index (χ0) is 13.1. The van der Waals surface area contributed by atoms with Gasteiger partial charge >= 0.3 is 0 Å². The second-order valence-electron chi connectivity index (χ2n) is 3.92. The Morgan fingerprint density at radius 2 is 2.33 bits per heavy atom. The molecule has 1 unspecified atom stereocenters. The number of anilines is 1. The molecule has 96 valence electrons. The number of fused-ring (bicyclic) bond motifs is 1. The maximum atomic E-state index is 11.8. The molecule has 0 bridgehead atoms. The molecule has 7 heteroatoms. The van der Waals surface area contributed by atoms with Crippen LogP contribution in [0.25, 0.3) is 10.9 Å². The Bertz CT molecular complexity index is 566. The zero-order valence-corrected chi connectivity index (χ0v) is 9.55. The fraction of sp³-hybridized carbons (Fsp3) is 0.273. The van der Waals surface area contributed by atoms with E-state index in [1.165, 1.54) is 0 Å². The van der Waals surface area contributed by atoms with E-state index in [0.29, 0.717) is 16.6 Å². The van der Waals surface area contributed by atoms with E-state index in [4.69, 9.17) is 15.9 Å². The smallest absolute Gasteiger partial charge is 0.272 e. The number of carbonyl (C=O) groups excluding carboxylic acids is 1. The Balaban J connectivity index is 2.20. The van der Waals surface area contributed by atoms with Crippen molar-refractivity contribution in [3.05, 3.63) is 23.9 Å². The summed E-state index contributed by atoms with van der Waals surface area (Å²) in [5, 5.41) is 27.5. The first-order valence-electron chi connectivity index (χ1n) is 5.42. The van der Waals surface area contributed by atoms with Crippen LogP contribution >= 0.6 is 0 Å². The molecule has 0 aliphatic carbocycles. The van der Waals surface area contributed by atoms with Gasteiger partial charge in [-0.2, -0.15) is 5.10 Å². The summed E-state index contributed by atoms with van der Waals surface area (Å²) in [4.78, 5) is 11.8. The fourth-order valence-corrected chi connectivity index (χ4v) is 1.56. The minimum atomic E-state index is -0.982. The largest absolute Gasteiger partial charge is 0.399 e. The van der Waals surface area contributed by atoms with Gasteiger partial charge in [-0.15, -0.1) is 0 Å². The quantitative estimate of drug-likeness (QED) is 0.456. The number of nitrogen functional groups attached to an aromatic ring is 1. The van der Waals surface area contributed by atoms with Gasteiger partial charge in [-0.3, -0.25) is 9.89 Å². The van der Waals surface area contributed by atoms with Crippen molar-refractivity contribution in [1.29, 1.82) is 0 Å². The third-order valence-electron chi connectivity index (χ3n) is 2.51. The molecule has 2 rings (SSSR count). The van der Waals surface area contributed by atoms with E-state index in [-0.39, 0.29) is 12.2 Å². The van der Waals surface area contributed by atoms with Crippen molar-refractivity contribution < 1.29 is 15.0 Å². The van der Waals surface area contributed by atoms with Crippen LogP contribution in [0.2, 0.25) is 0 Å². The molecule has 7 nitrogen and oxygen atoms in total. The maximum Gasteiger partial charge on any atom is 0.272 e. The van der Waals surface area contributed by atoms with Gasteiger partial charge in [0.2, 0.25) is 0 Å². The van der Waals surface area contributed by atoms with Gasteiger partial charge in [-0.05, 0) is 18.2 Å². The van der Waals surface area contributed by atoms with Crippen LogP contribution in [-0.2, 0) is 0 Å². The summed E-state index contributed by atoms with van der Waals surface area (Å²) >= 11 is 0. The Hall–Kier alpha value is -2.12. The predicted octanol–water partition coefficient (Wildman–Crippen LogP) is -0.772. The lowest BCUT2D eigenvalue weighted by molar-refractivity contribution is 0.0800. The topological polar surface area (TPSA) is 124 Å². The minimum Gasteiger partial charge on any atom is -0.399 e. The van der Waals surface area contributed by atoms with Gasteiger partial charge in [-0.1, -0.05) is 0 Å². The van der Waals surface area contributed by atoms with Crippen LogP contribution in [0.4, 0.5) is 5.69 Å². The Morgan fingerprint density at radius 1 is 1.56 bits per heavy atom. The molecule has 0 radical (unpaired) electrons. The first kappa shape index (κ1) is 12.3. The summed E-state index contributed by atoms with van der Waals surface area (Å²) < 4.78 is 0. The van der Waals surface area contributed by atoms with E-state index in [1.54, 1.807) is 18.2 Å². The van der Waals surface area contributed by atoms with Gasteiger partial charge in [0.25, 0.3) is 5.91 Å². The second-order valence-corrected chi connectivity index (χ2v) is 3.92. The molecule has 1 aromatic carbocycles. The highest BCUT2D eigenvalue weighted by atomic mass is 16.3. The number of hydrogen-bond acceptors (Lipinski definition) is 5. The number of rotatable bonds is 4. The van der Waals surface area contributed by atoms with E-state index < -0.39 is 18.6 Å². The molecular weight excluding hydrogens is 236 g/mol. The lowest BCUT2D eigenvalue weighted by Crippen LogP contribution is -2.34. The summed E-state index contributed by atoms with van der Waals surface area (Å²) in [6.45, 7) is -0.444. The molecule has 2 aromatic rings. The molecule has 0 spiro atoms. The number of hydrogen-bond donors (Lipinski definition) is 5. The van der Waals surface area contributed by atoms with Crippen molar-refractivity contribution in [3.8, 4) is 0 Å². The molecular formula is C11H14N4O3. The number of nitrogens with zero attached hydrogens (tertiary/aromatic N) is 1. The highest BCUT2D eigenvalue weighted by molar-refractivity contribution is 6.05.